The molecule has 0 bridgehead atoms. The Kier molecular flexibility index (Phi) is 8.23. The van der Waals surface area contributed by atoms with E-state index in [1.807, 2.05) is 78.9 Å². The van der Waals surface area contributed by atoms with E-state index in [-0.39, 0.29) is 0 Å². The van der Waals surface area contributed by atoms with E-state index in [0.29, 0.717) is 28.2 Å². The second-order valence-corrected chi connectivity index (χ2v) is 14.4. The van der Waals surface area contributed by atoms with Gasteiger partial charge in [0.25, 0.3) is 0 Å². The van der Waals surface area contributed by atoms with E-state index < -0.39 is 0 Å². The number of para-hydroxylation sites is 2. The van der Waals surface area contributed by atoms with Crippen LogP contribution in [-0.2, 0) is 0 Å². The van der Waals surface area contributed by atoms with Gasteiger partial charge in [-0.3, -0.25) is 4.98 Å². The number of nitriles is 2. The molecule has 274 valence electrons. The third-order valence-electron chi connectivity index (χ3n) is 11.1. The van der Waals surface area contributed by atoms with E-state index >= 15 is 0 Å². The summed E-state index contributed by atoms with van der Waals surface area (Å²) in [5.74, 6) is 0. The lowest BCUT2D eigenvalue weighted by atomic mass is 10.00. The maximum atomic E-state index is 9.75. The molecular formula is C52H26N8. The highest BCUT2D eigenvalue weighted by molar-refractivity contribution is 6.13. The molecule has 3 heterocycles. The zero-order valence-electron chi connectivity index (χ0n) is 31.6. The number of hydrogen-bond donors (Lipinski definition) is 0. The lowest BCUT2D eigenvalue weighted by molar-refractivity contribution is 1.10. The van der Waals surface area contributed by atoms with Crippen LogP contribution in [-0.4, -0.2) is 14.1 Å². The Morgan fingerprint density at radius 2 is 0.917 bits per heavy atom. The van der Waals surface area contributed by atoms with Crippen molar-refractivity contribution in [3.63, 3.8) is 0 Å². The van der Waals surface area contributed by atoms with E-state index in [0.717, 1.165) is 88.4 Å². The van der Waals surface area contributed by atoms with E-state index in [9.17, 15) is 10.5 Å². The van der Waals surface area contributed by atoms with Crippen LogP contribution in [0.4, 0.5) is 17.1 Å². The highest BCUT2D eigenvalue weighted by Crippen LogP contribution is 2.44. The number of pyridine rings is 1. The number of benzene rings is 7. The molecule has 0 atom stereocenters. The summed E-state index contributed by atoms with van der Waals surface area (Å²) in [6, 6.07) is 51.7. The zero-order valence-corrected chi connectivity index (χ0v) is 31.6. The molecule has 0 aliphatic rings. The van der Waals surface area contributed by atoms with E-state index in [4.69, 9.17) is 19.7 Å². The molecule has 7 aromatic carbocycles. The molecule has 0 fully saturated rings. The third kappa shape index (κ3) is 5.61. The Morgan fingerprint density at radius 1 is 0.433 bits per heavy atom. The van der Waals surface area contributed by atoms with Gasteiger partial charge in [0.15, 0.2) is 17.1 Å². The first kappa shape index (κ1) is 35.2. The van der Waals surface area contributed by atoms with Gasteiger partial charge < -0.3 is 9.13 Å². The van der Waals surface area contributed by atoms with Crippen molar-refractivity contribution in [2.24, 2.45) is 0 Å². The molecule has 0 aliphatic heterocycles. The van der Waals surface area contributed by atoms with Crippen LogP contribution in [0.3, 0.4) is 0 Å². The predicted molar refractivity (Wildman–Crippen MR) is 237 cm³/mol. The summed E-state index contributed by atoms with van der Waals surface area (Å²) in [4.78, 5) is 15.6. The second kappa shape index (κ2) is 14.0. The fourth-order valence-corrected chi connectivity index (χ4v) is 8.42. The van der Waals surface area contributed by atoms with Crippen LogP contribution in [0.5, 0.6) is 0 Å². The molecule has 0 saturated heterocycles. The molecule has 0 saturated carbocycles. The van der Waals surface area contributed by atoms with Gasteiger partial charge in [0.05, 0.1) is 65.3 Å². The largest absolute Gasteiger partial charge is 0.308 e. The second-order valence-electron chi connectivity index (χ2n) is 14.4. The molecule has 8 nitrogen and oxygen atoms in total. The average Bonchev–Trinajstić information content (AvgIpc) is 3.83. The minimum absolute atomic E-state index is 0.402. The number of rotatable bonds is 5. The van der Waals surface area contributed by atoms with E-state index in [1.54, 1.807) is 24.5 Å². The summed E-state index contributed by atoms with van der Waals surface area (Å²) in [6.07, 6.45) is 3.47. The standard InChI is InChI=1S/C52H26N8/c1-55-39-22-32(30-53)20-37(24-39)35-12-14-49-44(26-35)41-8-4-6-10-47(41)59(49)51-28-43(34-16-18-58-19-17-34)46(57-3)29-52(51)60-48-11-7-5-9-42(48)45-27-36(13-15-50(45)60)38-21-33(31-54)23-40(25-38)56-2/h4-29H. The molecule has 10 rings (SSSR count). The monoisotopic (exact) mass is 762 g/mol. The van der Waals surface area contributed by atoms with Crippen molar-refractivity contribution in [2.45, 2.75) is 0 Å². The summed E-state index contributed by atoms with van der Waals surface area (Å²) in [5, 5.41) is 23.5. The van der Waals surface area contributed by atoms with Gasteiger partial charge in [-0.15, -0.1) is 0 Å². The van der Waals surface area contributed by atoms with Gasteiger partial charge in [-0.2, -0.15) is 10.5 Å². The fraction of sp³-hybridized carbons (Fsp3) is 0. The van der Waals surface area contributed by atoms with Crippen molar-refractivity contribution in [2.75, 3.05) is 0 Å². The summed E-state index contributed by atoms with van der Waals surface area (Å²) < 4.78 is 4.48. The molecule has 60 heavy (non-hydrogen) atoms. The van der Waals surface area contributed by atoms with Crippen molar-refractivity contribution in [1.29, 1.82) is 10.5 Å². The van der Waals surface area contributed by atoms with Crippen LogP contribution < -0.4 is 0 Å². The predicted octanol–water partition coefficient (Wildman–Crippen LogP) is 13.7. The van der Waals surface area contributed by atoms with Crippen LogP contribution in [0, 0.1) is 42.4 Å². The summed E-state index contributed by atoms with van der Waals surface area (Å²) >= 11 is 0. The van der Waals surface area contributed by atoms with Crippen LogP contribution in [0.2, 0.25) is 0 Å². The van der Waals surface area contributed by atoms with Gasteiger partial charge in [0.2, 0.25) is 0 Å². The minimum Gasteiger partial charge on any atom is -0.308 e. The molecular weight excluding hydrogens is 737 g/mol. The maximum absolute atomic E-state index is 9.75. The van der Waals surface area contributed by atoms with Crippen molar-refractivity contribution in [3.8, 4) is 56.9 Å². The topological polar surface area (TPSA) is 83.4 Å². The fourth-order valence-electron chi connectivity index (χ4n) is 8.42. The summed E-state index contributed by atoms with van der Waals surface area (Å²) in [7, 11) is 0. The molecule has 0 amide bonds. The Balaban J connectivity index is 1.29. The highest BCUT2D eigenvalue weighted by atomic mass is 15.1. The first-order valence-corrected chi connectivity index (χ1v) is 18.9. The van der Waals surface area contributed by atoms with Crippen molar-refractivity contribution >= 4 is 60.7 Å². The summed E-state index contributed by atoms with van der Waals surface area (Å²) in [5.41, 5.74) is 12.5. The smallest absolute Gasteiger partial charge is 0.197 e. The third-order valence-corrected chi connectivity index (χ3v) is 11.1. The Bertz CT molecular complexity index is 3600. The molecule has 0 aliphatic carbocycles. The molecule has 0 radical (unpaired) electrons. The van der Waals surface area contributed by atoms with Crippen LogP contribution in [0.15, 0.2) is 158 Å². The quantitative estimate of drug-likeness (QED) is 0.164. The van der Waals surface area contributed by atoms with Crippen molar-refractivity contribution in [3.05, 3.63) is 203 Å². The van der Waals surface area contributed by atoms with Gasteiger partial charge in [0.1, 0.15) is 0 Å². The number of nitrogens with zero attached hydrogens (tertiary/aromatic N) is 8. The van der Waals surface area contributed by atoms with E-state index in [1.165, 1.54) is 0 Å². The number of fused-ring (bicyclic) bond motifs is 6. The maximum Gasteiger partial charge on any atom is 0.197 e. The van der Waals surface area contributed by atoms with Gasteiger partial charge >= 0.3 is 0 Å². The van der Waals surface area contributed by atoms with Gasteiger partial charge in [0, 0.05) is 45.1 Å². The molecule has 0 spiro atoms. The van der Waals surface area contributed by atoms with Gasteiger partial charge in [-0.25, -0.2) is 14.5 Å². The minimum atomic E-state index is 0.402. The molecule has 0 unspecified atom stereocenters. The first-order valence-electron chi connectivity index (χ1n) is 18.9. The van der Waals surface area contributed by atoms with Gasteiger partial charge in [-0.05, 0) is 130 Å². The Morgan fingerprint density at radius 3 is 1.40 bits per heavy atom. The van der Waals surface area contributed by atoms with E-state index in [2.05, 4.69) is 95.4 Å². The molecule has 8 heteroatoms. The lowest BCUT2D eigenvalue weighted by Gasteiger charge is -2.20. The molecule has 10 aromatic rings. The van der Waals surface area contributed by atoms with Crippen molar-refractivity contribution in [1.82, 2.24) is 14.1 Å². The lowest BCUT2D eigenvalue weighted by Crippen LogP contribution is -2.04. The van der Waals surface area contributed by atoms with Crippen LogP contribution >= 0.6 is 0 Å². The SMILES string of the molecule is [C-]#[N+]c1cc(C#N)cc(-c2ccc3c(c2)c2ccccc2n3-c2cc([N+]#[C-])c(-c3ccncc3)cc2-n2c3ccccc3c3cc(-c4cc(C#N)cc([N+]#[C-])c4)ccc32)c1. The first-order chi connectivity index (χ1) is 29.5. The van der Waals surface area contributed by atoms with Crippen LogP contribution in [0.1, 0.15) is 11.1 Å². The van der Waals surface area contributed by atoms with Gasteiger partial charge in [-0.1, -0.05) is 48.5 Å². The molecule has 3 aromatic heterocycles. The normalized spacial score (nSPS) is 10.9. The number of hydrogen-bond acceptors (Lipinski definition) is 3. The van der Waals surface area contributed by atoms with Crippen LogP contribution in [0.25, 0.3) is 103 Å². The Labute approximate surface area is 344 Å². The number of aromatic nitrogens is 3. The highest BCUT2D eigenvalue weighted by Gasteiger charge is 2.23. The van der Waals surface area contributed by atoms with Crippen molar-refractivity contribution < 1.29 is 0 Å². The average molecular weight is 763 g/mol. The zero-order chi connectivity index (χ0) is 40.9. The molecule has 0 N–H and O–H groups in total. The Hall–Kier alpha value is -9.26. The summed E-state index contributed by atoms with van der Waals surface area (Å²) in [6.45, 7) is 23.7.